The second kappa shape index (κ2) is 5.93. The van der Waals surface area contributed by atoms with Gasteiger partial charge in [0, 0.05) is 20.1 Å². The molecule has 6 nitrogen and oxygen atoms in total. The van der Waals surface area contributed by atoms with Gasteiger partial charge in [0.2, 0.25) is 0 Å². The molecule has 0 aliphatic carbocycles. The predicted octanol–water partition coefficient (Wildman–Crippen LogP) is 1.27. The standard InChI is InChI=1S/C14H22N4O2S/c1-7(2)8-4-5-18(6-8)14-9(13(20)17-3)10(15)11(21-14)12(16)19/h7-8H,4-6,15H2,1-3H3,(H2,16,19)(H,17,20). The number of amides is 2. The van der Waals surface area contributed by atoms with E-state index in [0.717, 1.165) is 24.5 Å². The maximum Gasteiger partial charge on any atom is 0.260 e. The number of primary amides is 1. The average molecular weight is 310 g/mol. The van der Waals surface area contributed by atoms with Crippen LogP contribution in [0.3, 0.4) is 0 Å². The highest BCUT2D eigenvalue weighted by molar-refractivity contribution is 7.19. The molecule has 116 valence electrons. The van der Waals surface area contributed by atoms with Crippen LogP contribution in [-0.2, 0) is 0 Å². The van der Waals surface area contributed by atoms with Gasteiger partial charge in [-0.05, 0) is 18.3 Å². The lowest BCUT2D eigenvalue weighted by atomic mass is 9.95. The fraction of sp³-hybridized carbons (Fsp3) is 0.571. The van der Waals surface area contributed by atoms with Crippen molar-refractivity contribution in [3.05, 3.63) is 10.4 Å². The zero-order valence-electron chi connectivity index (χ0n) is 12.6. The fourth-order valence-corrected chi connectivity index (χ4v) is 3.80. The van der Waals surface area contributed by atoms with E-state index >= 15 is 0 Å². The van der Waals surface area contributed by atoms with Crippen molar-refractivity contribution < 1.29 is 9.59 Å². The Morgan fingerprint density at radius 3 is 2.57 bits per heavy atom. The lowest BCUT2D eigenvalue weighted by Gasteiger charge is -2.19. The number of anilines is 2. The molecule has 0 radical (unpaired) electrons. The smallest absolute Gasteiger partial charge is 0.260 e. The first-order chi connectivity index (χ1) is 9.86. The number of rotatable bonds is 4. The van der Waals surface area contributed by atoms with Crippen molar-refractivity contribution in [3.63, 3.8) is 0 Å². The molecule has 1 aliphatic rings. The van der Waals surface area contributed by atoms with Crippen molar-refractivity contribution in [2.75, 3.05) is 30.8 Å². The Balaban J connectivity index is 2.41. The van der Waals surface area contributed by atoms with Gasteiger partial charge in [-0.25, -0.2) is 0 Å². The van der Waals surface area contributed by atoms with Gasteiger partial charge in [-0.15, -0.1) is 11.3 Å². The minimum absolute atomic E-state index is 0.190. The van der Waals surface area contributed by atoms with E-state index in [9.17, 15) is 9.59 Å². The van der Waals surface area contributed by atoms with Crippen LogP contribution in [0.5, 0.6) is 0 Å². The van der Waals surface area contributed by atoms with Crippen LogP contribution in [0, 0.1) is 11.8 Å². The summed E-state index contributed by atoms with van der Waals surface area (Å²) in [7, 11) is 1.55. The minimum Gasteiger partial charge on any atom is -0.397 e. The normalized spacial score (nSPS) is 18.3. The summed E-state index contributed by atoms with van der Waals surface area (Å²) in [5.41, 5.74) is 11.9. The molecule has 0 saturated carbocycles. The lowest BCUT2D eigenvalue weighted by molar-refractivity contribution is 0.0964. The highest BCUT2D eigenvalue weighted by Crippen LogP contribution is 2.41. The molecular weight excluding hydrogens is 288 g/mol. The summed E-state index contributed by atoms with van der Waals surface area (Å²) in [4.78, 5) is 26.0. The molecular formula is C14H22N4O2S. The Labute approximate surface area is 128 Å². The van der Waals surface area contributed by atoms with E-state index in [2.05, 4.69) is 24.1 Å². The Bertz CT molecular complexity index is 568. The molecule has 2 amide bonds. The maximum absolute atomic E-state index is 12.1. The molecule has 2 rings (SSSR count). The van der Waals surface area contributed by atoms with E-state index in [1.807, 2.05) is 0 Å². The van der Waals surface area contributed by atoms with Gasteiger partial charge in [0.1, 0.15) is 9.88 Å². The minimum atomic E-state index is -0.589. The molecule has 7 heteroatoms. The molecule has 0 spiro atoms. The summed E-state index contributed by atoms with van der Waals surface area (Å²) < 4.78 is 0. The van der Waals surface area contributed by atoms with Crippen molar-refractivity contribution in [2.45, 2.75) is 20.3 Å². The van der Waals surface area contributed by atoms with E-state index in [0.29, 0.717) is 17.4 Å². The Morgan fingerprint density at radius 1 is 1.43 bits per heavy atom. The van der Waals surface area contributed by atoms with E-state index in [-0.39, 0.29) is 16.5 Å². The first kappa shape index (κ1) is 15.6. The van der Waals surface area contributed by atoms with Crippen molar-refractivity contribution in [3.8, 4) is 0 Å². The first-order valence-electron chi connectivity index (χ1n) is 7.05. The van der Waals surface area contributed by atoms with Crippen LogP contribution < -0.4 is 21.7 Å². The highest BCUT2D eigenvalue weighted by atomic mass is 32.1. The third-order valence-electron chi connectivity index (χ3n) is 4.06. The maximum atomic E-state index is 12.1. The van der Waals surface area contributed by atoms with E-state index in [1.165, 1.54) is 11.3 Å². The number of nitrogens with zero attached hydrogens (tertiary/aromatic N) is 1. The molecule has 1 unspecified atom stereocenters. The van der Waals surface area contributed by atoms with Crippen LogP contribution >= 0.6 is 11.3 Å². The van der Waals surface area contributed by atoms with E-state index < -0.39 is 5.91 Å². The van der Waals surface area contributed by atoms with Crippen molar-refractivity contribution in [2.24, 2.45) is 17.6 Å². The third-order valence-corrected chi connectivity index (χ3v) is 5.34. The van der Waals surface area contributed by atoms with Crippen molar-refractivity contribution >= 4 is 33.8 Å². The topological polar surface area (TPSA) is 101 Å². The van der Waals surface area contributed by atoms with Gasteiger partial charge in [-0.3, -0.25) is 9.59 Å². The molecule has 2 heterocycles. The third kappa shape index (κ3) is 2.83. The van der Waals surface area contributed by atoms with Gasteiger partial charge in [0.15, 0.2) is 0 Å². The number of nitrogen functional groups attached to an aromatic ring is 1. The molecule has 1 aromatic rings. The Hall–Kier alpha value is -1.76. The summed E-state index contributed by atoms with van der Waals surface area (Å²) in [6, 6.07) is 0. The SMILES string of the molecule is CNC(=O)c1c(N2CCC(C(C)C)C2)sc(C(N)=O)c1N. The quantitative estimate of drug-likeness (QED) is 0.779. The molecule has 1 saturated heterocycles. The zero-order chi connectivity index (χ0) is 15.7. The highest BCUT2D eigenvalue weighted by Gasteiger charge is 2.32. The monoisotopic (exact) mass is 310 g/mol. The summed E-state index contributed by atoms with van der Waals surface area (Å²) >= 11 is 1.21. The first-order valence-corrected chi connectivity index (χ1v) is 7.87. The average Bonchev–Trinajstić information content (AvgIpc) is 3.02. The van der Waals surface area contributed by atoms with E-state index in [4.69, 9.17) is 11.5 Å². The van der Waals surface area contributed by atoms with Gasteiger partial charge in [0.05, 0.1) is 11.3 Å². The number of hydrogen-bond acceptors (Lipinski definition) is 5. The second-order valence-corrected chi connectivity index (χ2v) is 6.71. The number of thiophene rings is 1. The van der Waals surface area contributed by atoms with Gasteiger partial charge < -0.3 is 21.7 Å². The number of hydrogen-bond donors (Lipinski definition) is 3. The van der Waals surface area contributed by atoms with Gasteiger partial charge in [0.25, 0.3) is 11.8 Å². The molecule has 0 aromatic carbocycles. The summed E-state index contributed by atoms with van der Waals surface area (Å²) in [6.45, 7) is 6.14. The molecule has 1 atom stereocenters. The molecule has 1 aliphatic heterocycles. The lowest BCUT2D eigenvalue weighted by Crippen LogP contribution is -2.25. The number of carbonyl (C=O) groups is 2. The number of nitrogens with one attached hydrogen (secondary N) is 1. The summed E-state index contributed by atoms with van der Waals surface area (Å²) in [5.74, 6) is 0.307. The van der Waals surface area contributed by atoms with Crippen molar-refractivity contribution in [1.29, 1.82) is 0 Å². The fourth-order valence-electron chi connectivity index (χ4n) is 2.70. The van der Waals surface area contributed by atoms with Crippen LogP contribution in [0.25, 0.3) is 0 Å². The van der Waals surface area contributed by atoms with E-state index in [1.54, 1.807) is 7.05 Å². The van der Waals surface area contributed by atoms with Gasteiger partial charge in [-0.2, -0.15) is 0 Å². The number of carbonyl (C=O) groups excluding carboxylic acids is 2. The summed E-state index contributed by atoms with van der Waals surface area (Å²) in [6.07, 6.45) is 1.08. The zero-order valence-corrected chi connectivity index (χ0v) is 13.4. The van der Waals surface area contributed by atoms with Crippen LogP contribution in [0.15, 0.2) is 0 Å². The Kier molecular flexibility index (Phi) is 4.41. The molecule has 5 N–H and O–H groups in total. The van der Waals surface area contributed by atoms with Crippen LogP contribution in [0.1, 0.15) is 40.3 Å². The summed E-state index contributed by atoms with van der Waals surface area (Å²) in [5, 5.41) is 3.33. The van der Waals surface area contributed by atoms with Crippen molar-refractivity contribution in [1.82, 2.24) is 5.32 Å². The Morgan fingerprint density at radius 2 is 2.10 bits per heavy atom. The van der Waals surface area contributed by atoms with Crippen LogP contribution in [-0.4, -0.2) is 32.0 Å². The van der Waals surface area contributed by atoms with Gasteiger partial charge >= 0.3 is 0 Å². The predicted molar refractivity (Wildman–Crippen MR) is 85.8 cm³/mol. The van der Waals surface area contributed by atoms with Crippen LogP contribution in [0.2, 0.25) is 0 Å². The number of nitrogens with two attached hydrogens (primary N) is 2. The molecule has 0 bridgehead atoms. The van der Waals surface area contributed by atoms with Crippen LogP contribution in [0.4, 0.5) is 10.7 Å². The second-order valence-electron chi connectivity index (χ2n) is 5.71. The molecule has 1 aromatic heterocycles. The van der Waals surface area contributed by atoms with Gasteiger partial charge in [-0.1, -0.05) is 13.8 Å². The molecule has 1 fully saturated rings. The largest absolute Gasteiger partial charge is 0.397 e. The molecule has 21 heavy (non-hydrogen) atoms.